The van der Waals surface area contributed by atoms with Crippen molar-refractivity contribution in [2.75, 3.05) is 52.4 Å². The molecular formula is C18H37N3O. The first-order valence-electron chi connectivity index (χ1n) is 9.38. The van der Waals surface area contributed by atoms with Crippen LogP contribution in [0.25, 0.3) is 0 Å². The topological polar surface area (TPSA) is 19.0 Å². The van der Waals surface area contributed by atoms with Gasteiger partial charge in [-0.15, -0.1) is 0 Å². The number of piperidine rings is 1. The van der Waals surface area contributed by atoms with Crippen molar-refractivity contribution in [1.29, 1.82) is 0 Å². The fourth-order valence-corrected chi connectivity index (χ4v) is 3.60. The summed E-state index contributed by atoms with van der Waals surface area (Å²) in [5, 5.41) is 0. The van der Waals surface area contributed by atoms with E-state index in [9.17, 15) is 0 Å². The molecular weight excluding hydrogens is 274 g/mol. The average molecular weight is 312 g/mol. The number of rotatable bonds is 7. The van der Waals surface area contributed by atoms with E-state index < -0.39 is 0 Å². The summed E-state index contributed by atoms with van der Waals surface area (Å²) in [7, 11) is 0. The lowest BCUT2D eigenvalue weighted by Crippen LogP contribution is -2.49. The molecule has 130 valence electrons. The Balaban J connectivity index is 1.50. The molecule has 0 bridgehead atoms. The van der Waals surface area contributed by atoms with Gasteiger partial charge < -0.3 is 14.5 Å². The zero-order chi connectivity index (χ0) is 15.9. The van der Waals surface area contributed by atoms with E-state index in [1.165, 1.54) is 65.1 Å². The molecule has 2 aliphatic rings. The predicted molar refractivity (Wildman–Crippen MR) is 93.4 cm³/mol. The Morgan fingerprint density at radius 3 is 1.91 bits per heavy atom. The van der Waals surface area contributed by atoms with Gasteiger partial charge in [-0.3, -0.25) is 4.90 Å². The summed E-state index contributed by atoms with van der Waals surface area (Å²) in [4.78, 5) is 7.74. The molecule has 0 aliphatic carbocycles. The lowest BCUT2D eigenvalue weighted by atomic mass is 10.1. The zero-order valence-electron chi connectivity index (χ0n) is 15.3. The minimum atomic E-state index is 0.507. The lowest BCUT2D eigenvalue weighted by Gasteiger charge is -2.37. The van der Waals surface area contributed by atoms with Crippen LogP contribution in [0, 0.1) is 0 Å². The van der Waals surface area contributed by atoms with Crippen LogP contribution < -0.4 is 0 Å². The van der Waals surface area contributed by atoms with E-state index in [0.29, 0.717) is 18.2 Å². The first kappa shape index (κ1) is 18.2. The Bertz CT molecular complexity index is 263. The van der Waals surface area contributed by atoms with E-state index in [1.54, 1.807) is 0 Å². The van der Waals surface area contributed by atoms with Crippen LogP contribution >= 0.6 is 0 Å². The second-order valence-corrected chi connectivity index (χ2v) is 7.52. The molecule has 0 aromatic carbocycles. The van der Waals surface area contributed by atoms with E-state index in [1.807, 2.05) is 0 Å². The molecule has 0 N–H and O–H groups in total. The van der Waals surface area contributed by atoms with Gasteiger partial charge >= 0.3 is 0 Å². The predicted octanol–water partition coefficient (Wildman–Crippen LogP) is 2.29. The average Bonchev–Trinajstić information content (AvgIpc) is 2.52. The zero-order valence-corrected chi connectivity index (χ0v) is 15.3. The van der Waals surface area contributed by atoms with Gasteiger partial charge in [-0.2, -0.15) is 0 Å². The van der Waals surface area contributed by atoms with Crippen molar-refractivity contribution in [3.05, 3.63) is 0 Å². The molecule has 0 spiro atoms. The Hall–Kier alpha value is -0.160. The molecule has 0 saturated carbocycles. The standard InChI is InChI=1S/C18H37N3O/c1-16(2)20-9-6-18(7-10-20)22-15-5-8-19-11-13-21(14-12-19)17(3)4/h16-18H,5-15H2,1-4H3. The molecule has 0 aromatic rings. The molecule has 0 atom stereocenters. The maximum Gasteiger partial charge on any atom is 0.0599 e. The molecule has 2 rings (SSSR count). The quantitative estimate of drug-likeness (QED) is 0.672. The summed E-state index contributed by atoms with van der Waals surface area (Å²) < 4.78 is 6.10. The summed E-state index contributed by atoms with van der Waals surface area (Å²) in [6.07, 6.45) is 4.12. The fourth-order valence-electron chi connectivity index (χ4n) is 3.60. The van der Waals surface area contributed by atoms with E-state index in [4.69, 9.17) is 4.74 Å². The summed E-state index contributed by atoms with van der Waals surface area (Å²) in [6.45, 7) is 18.7. The number of piperazine rings is 1. The van der Waals surface area contributed by atoms with Gasteiger partial charge in [-0.25, -0.2) is 0 Å². The normalized spacial score (nSPS) is 23.7. The second-order valence-electron chi connectivity index (χ2n) is 7.52. The number of ether oxygens (including phenoxy) is 1. The summed E-state index contributed by atoms with van der Waals surface area (Å²) >= 11 is 0. The molecule has 2 saturated heterocycles. The third kappa shape index (κ3) is 5.80. The number of likely N-dealkylation sites (tertiary alicyclic amines) is 1. The molecule has 0 unspecified atom stereocenters. The van der Waals surface area contributed by atoms with Gasteiger partial charge in [0.25, 0.3) is 0 Å². The molecule has 0 aromatic heterocycles. The lowest BCUT2D eigenvalue weighted by molar-refractivity contribution is -0.00348. The van der Waals surface area contributed by atoms with Crippen molar-refractivity contribution in [3.8, 4) is 0 Å². The van der Waals surface area contributed by atoms with Gasteiger partial charge in [-0.1, -0.05) is 0 Å². The summed E-state index contributed by atoms with van der Waals surface area (Å²) in [6, 6.07) is 1.38. The molecule has 0 amide bonds. The van der Waals surface area contributed by atoms with Gasteiger partial charge in [0.1, 0.15) is 0 Å². The van der Waals surface area contributed by atoms with E-state index >= 15 is 0 Å². The first-order valence-corrected chi connectivity index (χ1v) is 9.38. The van der Waals surface area contributed by atoms with Gasteiger partial charge in [0.15, 0.2) is 0 Å². The Kier molecular flexibility index (Phi) is 7.61. The van der Waals surface area contributed by atoms with E-state index in [2.05, 4.69) is 42.4 Å². The van der Waals surface area contributed by atoms with Crippen LogP contribution in [-0.2, 0) is 4.74 Å². The first-order chi connectivity index (χ1) is 10.6. The molecule has 22 heavy (non-hydrogen) atoms. The highest BCUT2D eigenvalue weighted by Crippen LogP contribution is 2.16. The Morgan fingerprint density at radius 2 is 1.36 bits per heavy atom. The van der Waals surface area contributed by atoms with Crippen molar-refractivity contribution in [3.63, 3.8) is 0 Å². The molecule has 4 nitrogen and oxygen atoms in total. The Labute approximate surface area is 137 Å². The van der Waals surface area contributed by atoms with Crippen LogP contribution in [0.5, 0.6) is 0 Å². The highest BCUT2D eigenvalue weighted by molar-refractivity contribution is 4.76. The van der Waals surface area contributed by atoms with Crippen molar-refractivity contribution in [1.82, 2.24) is 14.7 Å². The van der Waals surface area contributed by atoms with Crippen LogP contribution in [0.4, 0.5) is 0 Å². The van der Waals surface area contributed by atoms with Crippen LogP contribution in [0.2, 0.25) is 0 Å². The van der Waals surface area contributed by atoms with Crippen molar-refractivity contribution in [2.45, 2.75) is 65.1 Å². The van der Waals surface area contributed by atoms with Crippen LogP contribution in [-0.4, -0.2) is 85.3 Å². The molecule has 0 radical (unpaired) electrons. The van der Waals surface area contributed by atoms with E-state index in [-0.39, 0.29) is 0 Å². The molecule has 2 fully saturated rings. The molecule has 4 heteroatoms. The van der Waals surface area contributed by atoms with Gasteiger partial charge in [0, 0.05) is 64.5 Å². The highest BCUT2D eigenvalue weighted by Gasteiger charge is 2.21. The number of hydrogen-bond acceptors (Lipinski definition) is 4. The van der Waals surface area contributed by atoms with Crippen molar-refractivity contribution in [2.24, 2.45) is 0 Å². The highest BCUT2D eigenvalue weighted by atomic mass is 16.5. The third-order valence-electron chi connectivity index (χ3n) is 5.32. The second kappa shape index (κ2) is 9.21. The number of nitrogens with zero attached hydrogens (tertiary/aromatic N) is 3. The van der Waals surface area contributed by atoms with Crippen LogP contribution in [0.3, 0.4) is 0 Å². The summed E-state index contributed by atoms with van der Waals surface area (Å²) in [5.41, 5.74) is 0. The van der Waals surface area contributed by atoms with Crippen molar-refractivity contribution < 1.29 is 4.74 Å². The summed E-state index contributed by atoms with van der Waals surface area (Å²) in [5.74, 6) is 0. The maximum atomic E-state index is 6.10. The minimum Gasteiger partial charge on any atom is -0.378 e. The molecule has 2 aliphatic heterocycles. The SMILES string of the molecule is CC(C)N1CCC(OCCCN2CCN(C(C)C)CC2)CC1. The maximum absolute atomic E-state index is 6.10. The van der Waals surface area contributed by atoms with Gasteiger partial charge in [-0.05, 0) is 47.0 Å². The monoisotopic (exact) mass is 311 g/mol. The van der Waals surface area contributed by atoms with E-state index in [0.717, 1.165) is 6.61 Å². The van der Waals surface area contributed by atoms with Gasteiger partial charge in [0.2, 0.25) is 0 Å². The smallest absolute Gasteiger partial charge is 0.0599 e. The fraction of sp³-hybridized carbons (Fsp3) is 1.00. The Morgan fingerprint density at radius 1 is 0.818 bits per heavy atom. The van der Waals surface area contributed by atoms with Crippen LogP contribution in [0.15, 0.2) is 0 Å². The van der Waals surface area contributed by atoms with Crippen LogP contribution in [0.1, 0.15) is 47.0 Å². The molecule has 2 heterocycles. The third-order valence-corrected chi connectivity index (χ3v) is 5.32. The number of hydrogen-bond donors (Lipinski definition) is 0. The van der Waals surface area contributed by atoms with Gasteiger partial charge in [0.05, 0.1) is 6.10 Å². The van der Waals surface area contributed by atoms with Crippen molar-refractivity contribution >= 4 is 0 Å². The largest absolute Gasteiger partial charge is 0.378 e. The minimum absolute atomic E-state index is 0.507.